The normalized spacial score (nSPS) is 16.6. The van der Waals surface area contributed by atoms with Crippen LogP contribution in [0.15, 0.2) is 24.3 Å². The topological polar surface area (TPSA) is 49.0 Å². The van der Waals surface area contributed by atoms with Crippen molar-refractivity contribution in [1.29, 1.82) is 0 Å². The molecular weight excluding hydrogens is 282 g/mol. The van der Waals surface area contributed by atoms with E-state index in [1.807, 2.05) is 24.3 Å². The van der Waals surface area contributed by atoms with E-state index in [0.29, 0.717) is 26.4 Å². The average Bonchev–Trinajstić information content (AvgIpc) is 2.46. The first kappa shape index (κ1) is 17.0. The lowest BCUT2D eigenvalue weighted by atomic mass is 10.2. The average molecular weight is 304 g/mol. The second kappa shape index (κ2) is 9.83. The van der Waals surface area contributed by atoms with Crippen molar-refractivity contribution in [3.8, 4) is 11.5 Å². The minimum absolute atomic E-state index is 0. The van der Waals surface area contributed by atoms with Crippen molar-refractivity contribution < 1.29 is 18.9 Å². The number of fused-ring (bicyclic) bond motifs is 1. The van der Waals surface area contributed by atoms with Gasteiger partial charge < -0.3 is 24.3 Å². The van der Waals surface area contributed by atoms with Gasteiger partial charge in [0.2, 0.25) is 0 Å². The molecule has 0 spiro atoms. The molecule has 1 N–H and O–H groups in total. The van der Waals surface area contributed by atoms with Crippen LogP contribution in [0.25, 0.3) is 0 Å². The van der Waals surface area contributed by atoms with Gasteiger partial charge in [0, 0.05) is 20.2 Å². The number of benzene rings is 1. The highest BCUT2D eigenvalue weighted by Gasteiger charge is 2.19. The van der Waals surface area contributed by atoms with Gasteiger partial charge in [0.1, 0.15) is 12.7 Å². The van der Waals surface area contributed by atoms with Crippen molar-refractivity contribution in [2.45, 2.75) is 6.10 Å². The Kier molecular flexibility index (Phi) is 8.37. The van der Waals surface area contributed by atoms with E-state index in [0.717, 1.165) is 24.6 Å². The summed E-state index contributed by atoms with van der Waals surface area (Å²) in [5, 5.41) is 3.29. The van der Waals surface area contributed by atoms with Crippen LogP contribution in [0, 0.1) is 0 Å². The molecule has 1 aromatic carbocycles. The molecule has 5 nitrogen and oxygen atoms in total. The molecule has 1 aliphatic heterocycles. The van der Waals surface area contributed by atoms with Crippen molar-refractivity contribution in [2.24, 2.45) is 0 Å². The summed E-state index contributed by atoms with van der Waals surface area (Å²) in [4.78, 5) is 0. The van der Waals surface area contributed by atoms with Crippen LogP contribution in [0.4, 0.5) is 0 Å². The first-order chi connectivity index (χ1) is 9.40. The summed E-state index contributed by atoms with van der Waals surface area (Å²) in [6.07, 6.45) is 0.0499. The molecule has 0 aliphatic carbocycles. The molecule has 1 atom stereocenters. The number of halogens is 1. The minimum Gasteiger partial charge on any atom is -0.486 e. The lowest BCUT2D eigenvalue weighted by molar-refractivity contribution is 0.0662. The summed E-state index contributed by atoms with van der Waals surface area (Å²) in [5.41, 5.74) is 0. The fraction of sp³-hybridized carbons (Fsp3) is 0.571. The largest absolute Gasteiger partial charge is 0.486 e. The van der Waals surface area contributed by atoms with Crippen molar-refractivity contribution in [1.82, 2.24) is 5.32 Å². The van der Waals surface area contributed by atoms with E-state index in [-0.39, 0.29) is 18.5 Å². The Morgan fingerprint density at radius 2 is 2.00 bits per heavy atom. The number of hydrogen-bond acceptors (Lipinski definition) is 5. The predicted molar refractivity (Wildman–Crippen MR) is 79.2 cm³/mol. The smallest absolute Gasteiger partial charge is 0.161 e. The van der Waals surface area contributed by atoms with E-state index in [1.54, 1.807) is 7.11 Å². The predicted octanol–water partition coefficient (Wildman–Crippen LogP) is 1.50. The number of ether oxygens (including phenoxy) is 4. The summed E-state index contributed by atoms with van der Waals surface area (Å²) in [7, 11) is 1.67. The van der Waals surface area contributed by atoms with E-state index in [1.165, 1.54) is 0 Å². The first-order valence-corrected chi connectivity index (χ1v) is 6.56. The zero-order valence-corrected chi connectivity index (χ0v) is 12.5. The lowest BCUT2D eigenvalue weighted by Gasteiger charge is -2.26. The number of methoxy groups -OCH3 is 1. The molecule has 0 saturated heterocycles. The molecule has 1 heterocycles. The molecule has 0 saturated carbocycles. The third kappa shape index (κ3) is 5.54. The second-order valence-corrected chi connectivity index (χ2v) is 4.31. The number of hydrogen-bond donors (Lipinski definition) is 1. The Morgan fingerprint density at radius 3 is 2.80 bits per heavy atom. The van der Waals surface area contributed by atoms with E-state index >= 15 is 0 Å². The number of nitrogens with one attached hydrogen (secondary N) is 1. The number of rotatable bonds is 8. The maximum Gasteiger partial charge on any atom is 0.161 e. The van der Waals surface area contributed by atoms with Crippen molar-refractivity contribution in [2.75, 3.05) is 46.6 Å². The van der Waals surface area contributed by atoms with Crippen LogP contribution in [0.3, 0.4) is 0 Å². The summed E-state index contributed by atoms with van der Waals surface area (Å²) >= 11 is 0. The Hall–Kier alpha value is -1.01. The first-order valence-electron chi connectivity index (χ1n) is 6.56. The molecule has 114 valence electrons. The van der Waals surface area contributed by atoms with Crippen LogP contribution in [0.1, 0.15) is 0 Å². The van der Waals surface area contributed by atoms with Gasteiger partial charge >= 0.3 is 0 Å². The summed E-state index contributed by atoms with van der Waals surface area (Å²) < 4.78 is 21.7. The van der Waals surface area contributed by atoms with Crippen molar-refractivity contribution in [3.63, 3.8) is 0 Å². The van der Waals surface area contributed by atoms with Crippen LogP contribution in [0.5, 0.6) is 11.5 Å². The highest BCUT2D eigenvalue weighted by molar-refractivity contribution is 5.85. The molecule has 0 bridgehead atoms. The molecule has 0 unspecified atom stereocenters. The number of para-hydroxylation sites is 2. The van der Waals surface area contributed by atoms with Crippen molar-refractivity contribution in [3.05, 3.63) is 24.3 Å². The third-order valence-electron chi connectivity index (χ3n) is 2.79. The third-order valence-corrected chi connectivity index (χ3v) is 2.79. The SMILES string of the molecule is COCCOCCNC[C@@H]1COc2ccccc2O1.Cl. The summed E-state index contributed by atoms with van der Waals surface area (Å²) in [6, 6.07) is 7.73. The summed E-state index contributed by atoms with van der Waals surface area (Å²) in [5.74, 6) is 1.64. The van der Waals surface area contributed by atoms with Gasteiger partial charge in [-0.1, -0.05) is 12.1 Å². The zero-order chi connectivity index (χ0) is 13.3. The van der Waals surface area contributed by atoms with Gasteiger partial charge in [-0.2, -0.15) is 0 Å². The molecule has 0 amide bonds. The van der Waals surface area contributed by atoms with Crippen LogP contribution < -0.4 is 14.8 Å². The second-order valence-electron chi connectivity index (χ2n) is 4.31. The highest BCUT2D eigenvalue weighted by atomic mass is 35.5. The summed E-state index contributed by atoms with van der Waals surface area (Å²) in [6.45, 7) is 4.07. The van der Waals surface area contributed by atoms with Crippen LogP contribution in [0.2, 0.25) is 0 Å². The van der Waals surface area contributed by atoms with Gasteiger partial charge in [-0.05, 0) is 12.1 Å². The fourth-order valence-corrected chi connectivity index (χ4v) is 1.82. The van der Waals surface area contributed by atoms with E-state index in [4.69, 9.17) is 18.9 Å². The van der Waals surface area contributed by atoms with Crippen LogP contribution in [-0.4, -0.2) is 52.7 Å². The Bertz CT molecular complexity index is 378. The Morgan fingerprint density at radius 1 is 1.20 bits per heavy atom. The molecule has 6 heteroatoms. The van der Waals surface area contributed by atoms with E-state index in [2.05, 4.69) is 5.32 Å². The lowest BCUT2D eigenvalue weighted by Crippen LogP contribution is -2.39. The molecule has 20 heavy (non-hydrogen) atoms. The van der Waals surface area contributed by atoms with Crippen LogP contribution in [-0.2, 0) is 9.47 Å². The molecule has 0 radical (unpaired) electrons. The monoisotopic (exact) mass is 303 g/mol. The maximum atomic E-state index is 5.83. The molecule has 1 aliphatic rings. The van der Waals surface area contributed by atoms with Gasteiger partial charge in [0.25, 0.3) is 0 Å². The molecule has 0 aromatic heterocycles. The van der Waals surface area contributed by atoms with Crippen molar-refractivity contribution >= 4 is 12.4 Å². The Labute approximate surface area is 126 Å². The Balaban J connectivity index is 0.00000200. The minimum atomic E-state index is 0. The standard InChI is InChI=1S/C14H21NO4.ClH/c1-16-8-9-17-7-6-15-10-12-11-18-13-4-2-3-5-14(13)19-12;/h2-5,12,15H,6-11H2,1H3;1H/t12-;/m1./s1. The molecular formula is C14H22ClNO4. The van der Waals surface area contributed by atoms with Crippen LogP contribution >= 0.6 is 12.4 Å². The van der Waals surface area contributed by atoms with E-state index in [9.17, 15) is 0 Å². The zero-order valence-electron chi connectivity index (χ0n) is 11.7. The van der Waals surface area contributed by atoms with Gasteiger partial charge in [-0.3, -0.25) is 0 Å². The molecule has 2 rings (SSSR count). The van der Waals surface area contributed by atoms with E-state index < -0.39 is 0 Å². The molecule has 1 aromatic rings. The van der Waals surface area contributed by atoms with Gasteiger partial charge in [0.15, 0.2) is 11.5 Å². The van der Waals surface area contributed by atoms with Gasteiger partial charge in [-0.25, -0.2) is 0 Å². The van der Waals surface area contributed by atoms with Gasteiger partial charge in [-0.15, -0.1) is 12.4 Å². The quantitative estimate of drug-likeness (QED) is 0.738. The maximum absolute atomic E-state index is 5.83. The highest BCUT2D eigenvalue weighted by Crippen LogP contribution is 2.30. The molecule has 0 fully saturated rings. The van der Waals surface area contributed by atoms with Gasteiger partial charge in [0.05, 0.1) is 19.8 Å². The fourth-order valence-electron chi connectivity index (χ4n) is 1.82.